The van der Waals surface area contributed by atoms with E-state index in [1.54, 1.807) is 13.0 Å². The number of carbonyl (C=O) groups is 1. The molecule has 0 aliphatic carbocycles. The van der Waals surface area contributed by atoms with Crippen LogP contribution in [0.5, 0.6) is 0 Å². The summed E-state index contributed by atoms with van der Waals surface area (Å²) in [6, 6.07) is 7.26. The minimum atomic E-state index is -0.303. The second kappa shape index (κ2) is 4.99. The molecule has 1 aromatic carbocycles. The van der Waals surface area contributed by atoms with Gasteiger partial charge in [-0.1, -0.05) is 18.2 Å². The average Bonchev–Trinajstić information content (AvgIpc) is 2.76. The second-order valence-electron chi connectivity index (χ2n) is 3.78. The van der Waals surface area contributed by atoms with Crippen LogP contribution in [-0.4, -0.2) is 25.1 Å². The Bertz CT molecular complexity index is 454. The van der Waals surface area contributed by atoms with E-state index in [2.05, 4.69) is 4.99 Å². The van der Waals surface area contributed by atoms with Crippen molar-refractivity contribution in [1.29, 1.82) is 0 Å². The Morgan fingerprint density at radius 1 is 1.53 bits per heavy atom. The largest absolute Gasteiger partial charge is 0.479 e. The zero-order chi connectivity index (χ0) is 12.3. The number of hydrogen-bond acceptors (Lipinski definition) is 4. The van der Waals surface area contributed by atoms with Gasteiger partial charge in [-0.15, -0.1) is 0 Å². The summed E-state index contributed by atoms with van der Waals surface area (Å²) in [7, 11) is 0. The van der Waals surface area contributed by atoms with Crippen LogP contribution in [0.4, 0.5) is 0 Å². The summed E-state index contributed by atoms with van der Waals surface area (Å²) in [6.45, 7) is 4.47. The first-order valence-corrected chi connectivity index (χ1v) is 5.65. The van der Waals surface area contributed by atoms with Crippen molar-refractivity contribution in [3.8, 4) is 0 Å². The molecule has 0 unspecified atom stereocenters. The van der Waals surface area contributed by atoms with Crippen LogP contribution < -0.4 is 0 Å². The fraction of sp³-hybridized carbons (Fsp3) is 0.385. The molecule has 0 saturated carbocycles. The van der Waals surface area contributed by atoms with Gasteiger partial charge in [-0.25, -0.2) is 9.79 Å². The quantitative estimate of drug-likeness (QED) is 0.753. The lowest BCUT2D eigenvalue weighted by Gasteiger charge is -2.11. The molecule has 4 heteroatoms. The smallest absolute Gasteiger partial charge is 0.338 e. The van der Waals surface area contributed by atoms with Gasteiger partial charge in [0.1, 0.15) is 12.6 Å². The molecule has 2 rings (SSSR count). The fourth-order valence-corrected chi connectivity index (χ4v) is 1.84. The van der Waals surface area contributed by atoms with Crippen molar-refractivity contribution in [2.45, 2.75) is 19.9 Å². The highest BCUT2D eigenvalue weighted by molar-refractivity contribution is 5.91. The van der Waals surface area contributed by atoms with Gasteiger partial charge < -0.3 is 9.47 Å². The minimum absolute atomic E-state index is 0.101. The Hall–Kier alpha value is -1.84. The van der Waals surface area contributed by atoms with Crippen molar-refractivity contribution in [2.75, 3.05) is 13.2 Å². The summed E-state index contributed by atoms with van der Waals surface area (Å²) in [5.41, 5.74) is 1.43. The molecule has 4 nitrogen and oxygen atoms in total. The molecule has 0 amide bonds. The maximum absolute atomic E-state index is 11.8. The molecule has 0 bridgehead atoms. The van der Waals surface area contributed by atoms with Crippen molar-refractivity contribution < 1.29 is 14.3 Å². The standard InChI is InChI=1S/C13H15NO3/c1-3-16-13(15)11-7-5-4-6-10(11)12-8-17-9(2)14-12/h4-7,12H,3,8H2,1-2H3/t12-/m1/s1. The highest BCUT2D eigenvalue weighted by Gasteiger charge is 2.23. The van der Waals surface area contributed by atoms with E-state index in [9.17, 15) is 4.79 Å². The zero-order valence-corrected chi connectivity index (χ0v) is 9.97. The molecule has 0 aromatic heterocycles. The molecule has 0 radical (unpaired) electrons. The molecule has 0 fully saturated rings. The molecule has 1 atom stereocenters. The van der Waals surface area contributed by atoms with E-state index in [1.807, 2.05) is 25.1 Å². The lowest BCUT2D eigenvalue weighted by atomic mass is 10.0. The van der Waals surface area contributed by atoms with E-state index in [0.29, 0.717) is 24.7 Å². The third-order valence-electron chi connectivity index (χ3n) is 2.60. The van der Waals surface area contributed by atoms with Crippen LogP contribution in [0.25, 0.3) is 0 Å². The van der Waals surface area contributed by atoms with Gasteiger partial charge in [-0.05, 0) is 18.6 Å². The van der Waals surface area contributed by atoms with Gasteiger partial charge in [0.25, 0.3) is 0 Å². The van der Waals surface area contributed by atoms with Gasteiger partial charge in [0, 0.05) is 6.92 Å². The van der Waals surface area contributed by atoms with Crippen molar-refractivity contribution >= 4 is 11.9 Å². The van der Waals surface area contributed by atoms with Crippen LogP contribution >= 0.6 is 0 Å². The summed E-state index contributed by atoms with van der Waals surface area (Å²) in [5.74, 6) is 0.358. The second-order valence-corrected chi connectivity index (χ2v) is 3.78. The molecule has 0 N–H and O–H groups in total. The molecule has 1 aliphatic rings. The van der Waals surface area contributed by atoms with Crippen LogP contribution in [0.3, 0.4) is 0 Å². The highest BCUT2D eigenvalue weighted by Crippen LogP contribution is 2.26. The van der Waals surface area contributed by atoms with E-state index < -0.39 is 0 Å². The first kappa shape index (κ1) is 11.6. The predicted octanol–water partition coefficient (Wildman–Crippen LogP) is 2.35. The molecule has 0 saturated heterocycles. The third kappa shape index (κ3) is 2.46. The number of rotatable bonds is 3. The van der Waals surface area contributed by atoms with Crippen LogP contribution in [0.2, 0.25) is 0 Å². The first-order chi connectivity index (χ1) is 8.22. The zero-order valence-electron chi connectivity index (χ0n) is 9.97. The summed E-state index contributed by atoms with van der Waals surface area (Å²) in [4.78, 5) is 16.1. The number of nitrogens with zero attached hydrogens (tertiary/aromatic N) is 1. The maximum Gasteiger partial charge on any atom is 0.338 e. The third-order valence-corrected chi connectivity index (χ3v) is 2.60. The molecule has 1 aromatic rings. The highest BCUT2D eigenvalue weighted by atomic mass is 16.5. The maximum atomic E-state index is 11.8. The molecular formula is C13H15NO3. The van der Waals surface area contributed by atoms with Gasteiger partial charge in [0.2, 0.25) is 0 Å². The summed E-state index contributed by atoms with van der Waals surface area (Å²) >= 11 is 0. The Morgan fingerprint density at radius 3 is 2.94 bits per heavy atom. The topological polar surface area (TPSA) is 47.9 Å². The Balaban J connectivity index is 2.31. The number of benzene rings is 1. The summed E-state index contributed by atoms with van der Waals surface area (Å²) in [5, 5.41) is 0. The molecule has 1 aliphatic heterocycles. The minimum Gasteiger partial charge on any atom is -0.479 e. The summed E-state index contributed by atoms with van der Waals surface area (Å²) < 4.78 is 10.3. The van der Waals surface area contributed by atoms with E-state index >= 15 is 0 Å². The van der Waals surface area contributed by atoms with E-state index in [-0.39, 0.29) is 12.0 Å². The molecule has 90 valence electrons. The van der Waals surface area contributed by atoms with Gasteiger partial charge >= 0.3 is 5.97 Å². The summed E-state index contributed by atoms with van der Waals surface area (Å²) in [6.07, 6.45) is 0. The fourth-order valence-electron chi connectivity index (χ4n) is 1.84. The van der Waals surface area contributed by atoms with Gasteiger partial charge in [0.05, 0.1) is 12.2 Å². The Morgan fingerprint density at radius 2 is 2.29 bits per heavy atom. The van der Waals surface area contributed by atoms with Gasteiger partial charge in [0.15, 0.2) is 5.90 Å². The molecular weight excluding hydrogens is 218 g/mol. The van der Waals surface area contributed by atoms with Gasteiger partial charge in [-0.3, -0.25) is 0 Å². The van der Waals surface area contributed by atoms with E-state index in [4.69, 9.17) is 9.47 Å². The number of hydrogen-bond donors (Lipinski definition) is 0. The molecule has 0 spiro atoms. The van der Waals surface area contributed by atoms with Crippen LogP contribution in [-0.2, 0) is 9.47 Å². The van der Waals surface area contributed by atoms with E-state index in [0.717, 1.165) is 5.56 Å². The van der Waals surface area contributed by atoms with Crippen molar-refractivity contribution in [2.24, 2.45) is 4.99 Å². The Kier molecular flexibility index (Phi) is 3.42. The number of esters is 1. The lowest BCUT2D eigenvalue weighted by molar-refractivity contribution is 0.0524. The number of carbonyl (C=O) groups excluding carboxylic acids is 1. The van der Waals surface area contributed by atoms with Crippen molar-refractivity contribution in [3.63, 3.8) is 0 Å². The van der Waals surface area contributed by atoms with Crippen LogP contribution in [0.15, 0.2) is 29.3 Å². The lowest BCUT2D eigenvalue weighted by Crippen LogP contribution is -2.10. The molecule has 1 heterocycles. The average molecular weight is 233 g/mol. The van der Waals surface area contributed by atoms with Crippen LogP contribution in [0.1, 0.15) is 35.8 Å². The van der Waals surface area contributed by atoms with Crippen LogP contribution in [0, 0.1) is 0 Å². The SMILES string of the molecule is CCOC(=O)c1ccccc1[C@H]1COC(C)=N1. The van der Waals surface area contributed by atoms with Gasteiger partial charge in [-0.2, -0.15) is 0 Å². The van der Waals surface area contributed by atoms with Crippen molar-refractivity contribution in [1.82, 2.24) is 0 Å². The number of aliphatic imine (C=N–C) groups is 1. The first-order valence-electron chi connectivity index (χ1n) is 5.65. The Labute approximate surface area is 100 Å². The monoisotopic (exact) mass is 233 g/mol. The normalized spacial score (nSPS) is 18.5. The predicted molar refractivity (Wildman–Crippen MR) is 64.2 cm³/mol. The van der Waals surface area contributed by atoms with Crippen molar-refractivity contribution in [3.05, 3.63) is 35.4 Å². The van der Waals surface area contributed by atoms with E-state index in [1.165, 1.54) is 0 Å². The molecule has 17 heavy (non-hydrogen) atoms. The number of ether oxygens (including phenoxy) is 2.